The molecule has 3 aromatic rings. The van der Waals surface area contributed by atoms with Crippen LogP contribution in [0.4, 0.5) is 0 Å². The van der Waals surface area contributed by atoms with Crippen LogP contribution in [0.2, 0.25) is 0 Å². The van der Waals surface area contributed by atoms with Crippen LogP contribution in [-0.2, 0) is 19.7 Å². The first-order valence-electron chi connectivity index (χ1n) is 10.6. The van der Waals surface area contributed by atoms with Crippen molar-refractivity contribution in [1.82, 2.24) is 9.78 Å². The molecular weight excluding hydrogens is 416 g/mol. The zero-order valence-electron chi connectivity index (χ0n) is 19.7. The Balaban J connectivity index is 2.36. The standard InChI is InChI=1S/C27H32N2O2S/c1-26(2,3)20-23(29-19-13-18-28-29)24(32(5,6)31)25(30)27(4,21-14-9-7-10-15-21)22-16-11-8-12-17-22/h7-20H,1-6H3/b23-20+. The fraction of sp³-hybridized carbons (Fsp3) is 0.296. The molecule has 4 nitrogen and oxygen atoms in total. The summed E-state index contributed by atoms with van der Waals surface area (Å²) in [4.78, 5) is 14.8. The highest BCUT2D eigenvalue weighted by Gasteiger charge is 2.41. The van der Waals surface area contributed by atoms with E-state index in [1.807, 2.05) is 73.7 Å². The number of benzene rings is 2. The molecule has 0 bridgehead atoms. The van der Waals surface area contributed by atoms with E-state index in [-0.39, 0.29) is 11.2 Å². The van der Waals surface area contributed by atoms with Gasteiger partial charge in [-0.3, -0.25) is 9.00 Å². The summed E-state index contributed by atoms with van der Waals surface area (Å²) in [6.07, 6.45) is 8.71. The summed E-state index contributed by atoms with van der Waals surface area (Å²) in [5.41, 5.74) is 1.01. The molecule has 0 atom stereocenters. The van der Waals surface area contributed by atoms with Gasteiger partial charge in [0.15, 0.2) is 5.78 Å². The predicted octanol–water partition coefficient (Wildman–Crippen LogP) is 5.06. The first kappa shape index (κ1) is 23.7. The smallest absolute Gasteiger partial charge is 0.187 e. The lowest BCUT2D eigenvalue weighted by atomic mass is 9.71. The average Bonchev–Trinajstić information content (AvgIpc) is 3.27. The zero-order chi connectivity index (χ0) is 23.6. The SMILES string of the molecule is CC(C)(C)/C=C(\C(C(=O)C(C)(c1ccccc1)c1ccccc1)=S(C)(C)=O)n1cccn1. The number of carbonyl (C=O) groups is 1. The van der Waals surface area contributed by atoms with Crippen molar-refractivity contribution < 1.29 is 9.00 Å². The predicted molar refractivity (Wildman–Crippen MR) is 135 cm³/mol. The molecule has 3 rings (SSSR count). The van der Waals surface area contributed by atoms with Crippen molar-refractivity contribution in [2.24, 2.45) is 5.41 Å². The van der Waals surface area contributed by atoms with Crippen molar-refractivity contribution in [2.45, 2.75) is 33.1 Å². The Bertz CT molecular complexity index is 1180. The first-order chi connectivity index (χ1) is 14.9. The molecular formula is C27H32N2O2S. The van der Waals surface area contributed by atoms with Gasteiger partial charge in [-0.05, 0) is 39.1 Å². The molecule has 0 aliphatic rings. The molecule has 0 unspecified atom stereocenters. The maximum atomic E-state index is 14.5. The van der Waals surface area contributed by atoms with Gasteiger partial charge in [0.1, 0.15) is 0 Å². The second-order valence-electron chi connectivity index (χ2n) is 9.59. The Kier molecular flexibility index (Phi) is 6.61. The fourth-order valence-electron chi connectivity index (χ4n) is 3.85. The van der Waals surface area contributed by atoms with E-state index in [4.69, 9.17) is 0 Å². The number of hydrogen-bond acceptors (Lipinski definition) is 3. The van der Waals surface area contributed by atoms with Gasteiger partial charge in [-0.1, -0.05) is 87.5 Å². The molecule has 168 valence electrons. The van der Waals surface area contributed by atoms with Gasteiger partial charge in [-0.2, -0.15) is 5.10 Å². The van der Waals surface area contributed by atoms with Crippen LogP contribution in [0.15, 0.2) is 85.2 Å². The lowest BCUT2D eigenvalue weighted by molar-refractivity contribution is -0.116. The molecule has 0 aliphatic heterocycles. The number of Topliss-reactive ketones (excluding diaryl/α,β-unsaturated/α-hetero) is 1. The normalized spacial score (nSPS) is 13.1. The molecule has 0 aliphatic carbocycles. The topological polar surface area (TPSA) is 52.0 Å². The van der Waals surface area contributed by atoms with E-state index < -0.39 is 14.9 Å². The van der Waals surface area contributed by atoms with E-state index >= 15 is 0 Å². The third kappa shape index (κ3) is 4.94. The van der Waals surface area contributed by atoms with Crippen molar-refractivity contribution in [2.75, 3.05) is 12.5 Å². The van der Waals surface area contributed by atoms with Gasteiger partial charge in [0.05, 0.1) is 16.0 Å². The van der Waals surface area contributed by atoms with Crippen LogP contribution in [0, 0.1) is 5.41 Å². The number of aromatic nitrogens is 2. The molecule has 0 amide bonds. The lowest BCUT2D eigenvalue weighted by Crippen LogP contribution is -2.42. The highest BCUT2D eigenvalue weighted by atomic mass is 32.2. The Morgan fingerprint density at radius 2 is 1.38 bits per heavy atom. The fourth-order valence-corrected chi connectivity index (χ4v) is 5.15. The molecule has 0 radical (unpaired) electrons. The molecule has 1 aromatic heterocycles. The molecule has 5 heteroatoms. The Morgan fingerprint density at radius 1 is 0.875 bits per heavy atom. The van der Waals surface area contributed by atoms with Crippen LogP contribution >= 0.6 is 0 Å². The van der Waals surface area contributed by atoms with E-state index in [1.54, 1.807) is 35.7 Å². The number of nitrogens with zero attached hydrogens (tertiary/aromatic N) is 2. The molecule has 2 aromatic carbocycles. The third-order valence-corrected chi connectivity index (χ3v) is 6.79. The summed E-state index contributed by atoms with van der Waals surface area (Å²) >= 11 is 0. The Morgan fingerprint density at radius 3 is 1.75 bits per heavy atom. The van der Waals surface area contributed by atoms with Crippen LogP contribution in [0.25, 0.3) is 5.70 Å². The summed E-state index contributed by atoms with van der Waals surface area (Å²) in [5, 5.41) is 4.39. The second kappa shape index (κ2) is 8.91. The minimum Gasteiger partial charge on any atom is -0.292 e. The molecule has 0 spiro atoms. The van der Waals surface area contributed by atoms with Crippen molar-refractivity contribution in [3.63, 3.8) is 0 Å². The summed E-state index contributed by atoms with van der Waals surface area (Å²) in [5.74, 6) is -0.184. The Hall–Kier alpha value is -2.92. The molecule has 0 saturated heterocycles. The largest absolute Gasteiger partial charge is 0.292 e. The summed E-state index contributed by atoms with van der Waals surface area (Å²) in [7, 11) is -2.67. The van der Waals surface area contributed by atoms with Crippen molar-refractivity contribution in [3.05, 3.63) is 96.3 Å². The van der Waals surface area contributed by atoms with Crippen LogP contribution in [0.1, 0.15) is 38.8 Å². The zero-order valence-corrected chi connectivity index (χ0v) is 20.5. The van der Waals surface area contributed by atoms with E-state index in [9.17, 15) is 9.00 Å². The van der Waals surface area contributed by atoms with E-state index in [1.165, 1.54) is 0 Å². The van der Waals surface area contributed by atoms with Gasteiger partial charge in [-0.25, -0.2) is 4.68 Å². The van der Waals surface area contributed by atoms with Crippen LogP contribution in [-0.4, -0.2) is 37.1 Å². The van der Waals surface area contributed by atoms with Crippen LogP contribution in [0.3, 0.4) is 0 Å². The summed E-state index contributed by atoms with van der Waals surface area (Å²) in [6, 6.07) is 21.2. The summed E-state index contributed by atoms with van der Waals surface area (Å²) < 4.78 is 15.4. The monoisotopic (exact) mass is 448 g/mol. The number of rotatable bonds is 6. The molecule has 0 N–H and O–H groups in total. The van der Waals surface area contributed by atoms with Gasteiger partial charge < -0.3 is 0 Å². The van der Waals surface area contributed by atoms with Gasteiger partial charge >= 0.3 is 0 Å². The third-order valence-electron chi connectivity index (χ3n) is 5.41. The van der Waals surface area contributed by atoms with E-state index in [0.29, 0.717) is 10.6 Å². The van der Waals surface area contributed by atoms with E-state index in [0.717, 1.165) is 11.1 Å². The quantitative estimate of drug-likeness (QED) is 0.391. The Labute approximate surface area is 192 Å². The minimum absolute atomic E-state index is 0.184. The number of carbonyl (C=O) groups excluding carboxylic acids is 1. The first-order valence-corrected chi connectivity index (χ1v) is 13.0. The van der Waals surface area contributed by atoms with Crippen molar-refractivity contribution in [3.8, 4) is 0 Å². The van der Waals surface area contributed by atoms with Crippen LogP contribution in [0.5, 0.6) is 0 Å². The van der Waals surface area contributed by atoms with Gasteiger partial charge in [-0.15, -0.1) is 0 Å². The minimum atomic E-state index is -2.67. The maximum absolute atomic E-state index is 14.5. The van der Waals surface area contributed by atoms with Crippen molar-refractivity contribution in [1.29, 1.82) is 0 Å². The summed E-state index contributed by atoms with van der Waals surface area (Å²) in [6.45, 7) is 8.08. The van der Waals surface area contributed by atoms with E-state index in [2.05, 4.69) is 25.9 Å². The van der Waals surface area contributed by atoms with Gasteiger partial charge in [0.2, 0.25) is 0 Å². The molecule has 0 saturated carbocycles. The van der Waals surface area contributed by atoms with Gasteiger partial charge in [0.25, 0.3) is 0 Å². The van der Waals surface area contributed by atoms with Crippen molar-refractivity contribution >= 4 is 25.9 Å². The average molecular weight is 449 g/mol. The number of hydrogen-bond donors (Lipinski definition) is 0. The highest BCUT2D eigenvalue weighted by Crippen LogP contribution is 2.35. The number of allylic oxidation sites excluding steroid dienone is 2. The maximum Gasteiger partial charge on any atom is 0.187 e. The van der Waals surface area contributed by atoms with Crippen LogP contribution < -0.4 is 0 Å². The number of ketones is 1. The van der Waals surface area contributed by atoms with Gasteiger partial charge in [0, 0.05) is 24.9 Å². The molecule has 1 heterocycles. The highest BCUT2D eigenvalue weighted by molar-refractivity contribution is 8.03. The lowest BCUT2D eigenvalue weighted by Gasteiger charge is -2.32. The molecule has 32 heavy (non-hydrogen) atoms. The molecule has 0 fully saturated rings. The second-order valence-corrected chi connectivity index (χ2v) is 12.5.